The Bertz CT molecular complexity index is 1240. The van der Waals surface area contributed by atoms with Crippen LogP contribution >= 0.6 is 0 Å². The summed E-state index contributed by atoms with van der Waals surface area (Å²) in [5, 5.41) is 5.85. The van der Waals surface area contributed by atoms with Gasteiger partial charge in [0.15, 0.2) is 5.69 Å². The molecule has 4 heterocycles. The number of amides is 1. The quantitative estimate of drug-likeness (QED) is 0.491. The fourth-order valence-electron chi connectivity index (χ4n) is 3.78. The molecule has 3 aromatic heterocycles. The van der Waals surface area contributed by atoms with Gasteiger partial charge < -0.3 is 15.0 Å². The Kier molecular flexibility index (Phi) is 6.89. The lowest BCUT2D eigenvalue weighted by molar-refractivity contribution is -0.142. The second kappa shape index (κ2) is 9.76. The lowest BCUT2D eigenvalue weighted by atomic mass is 10.2. The van der Waals surface area contributed by atoms with Crippen LogP contribution in [0.25, 0.3) is 11.3 Å². The Morgan fingerprint density at radius 2 is 1.97 bits per heavy atom. The van der Waals surface area contributed by atoms with Crippen molar-refractivity contribution in [1.82, 2.24) is 19.7 Å². The van der Waals surface area contributed by atoms with Crippen LogP contribution in [0.15, 0.2) is 42.9 Å². The molecule has 1 saturated heterocycles. The molecule has 0 radical (unpaired) electrons. The Labute approximate surface area is 200 Å². The highest BCUT2D eigenvalue weighted by atomic mass is 19.4. The fraction of sp³-hybridized carbons (Fsp3) is 0.364. The van der Waals surface area contributed by atoms with Gasteiger partial charge in [0.05, 0.1) is 35.6 Å². The number of hydrogen-bond acceptors (Lipinski definition) is 6. The van der Waals surface area contributed by atoms with Crippen LogP contribution in [0.2, 0.25) is 0 Å². The molecule has 1 amide bonds. The van der Waals surface area contributed by atoms with Crippen molar-refractivity contribution in [1.29, 1.82) is 0 Å². The van der Waals surface area contributed by atoms with Crippen molar-refractivity contribution in [2.75, 3.05) is 30.4 Å². The van der Waals surface area contributed by atoms with Crippen molar-refractivity contribution < 1.29 is 35.9 Å². The van der Waals surface area contributed by atoms with Crippen LogP contribution in [0.1, 0.15) is 22.6 Å². The number of alkyl halides is 6. The number of ether oxygens (including phenoxy) is 1. The van der Waals surface area contributed by atoms with Crippen LogP contribution in [-0.4, -0.2) is 58.1 Å². The highest BCUT2D eigenvalue weighted by Gasteiger charge is 2.37. The highest BCUT2D eigenvalue weighted by Crippen LogP contribution is 2.36. The number of hydrogen-bond donors (Lipinski definition) is 1. The molecule has 1 N–H and O–H groups in total. The third-order valence-electron chi connectivity index (χ3n) is 5.49. The van der Waals surface area contributed by atoms with Crippen molar-refractivity contribution in [3.05, 3.63) is 54.2 Å². The largest absolute Gasteiger partial charge is 0.435 e. The normalized spacial score (nSPS) is 16.4. The van der Waals surface area contributed by atoms with Gasteiger partial charge in [-0.2, -0.15) is 31.4 Å². The third kappa shape index (κ3) is 5.93. The molecule has 0 aliphatic carbocycles. The van der Waals surface area contributed by atoms with Crippen LogP contribution in [0, 0.1) is 0 Å². The van der Waals surface area contributed by atoms with Gasteiger partial charge in [-0.1, -0.05) is 6.07 Å². The van der Waals surface area contributed by atoms with Gasteiger partial charge in [-0.15, -0.1) is 0 Å². The Morgan fingerprint density at radius 1 is 1.19 bits per heavy atom. The molecule has 0 spiro atoms. The lowest BCUT2D eigenvalue weighted by Gasteiger charge is -2.21. The summed E-state index contributed by atoms with van der Waals surface area (Å²) < 4.78 is 84.5. The Morgan fingerprint density at radius 3 is 2.64 bits per heavy atom. The summed E-state index contributed by atoms with van der Waals surface area (Å²) in [6.45, 7) is -0.300. The molecule has 0 aromatic carbocycles. The number of nitrogens with zero attached hydrogens (tertiary/aromatic N) is 5. The summed E-state index contributed by atoms with van der Waals surface area (Å²) in [6, 6.07) is 5.31. The molecule has 1 aliphatic heterocycles. The number of anilines is 2. The summed E-state index contributed by atoms with van der Waals surface area (Å²) in [4.78, 5) is 22.3. The Balaban J connectivity index is 1.58. The fourth-order valence-corrected chi connectivity index (χ4v) is 3.78. The smallest absolute Gasteiger partial charge is 0.380 e. The molecule has 1 atom stereocenters. The molecular weight excluding hydrogens is 494 g/mol. The summed E-state index contributed by atoms with van der Waals surface area (Å²) in [5.41, 5.74) is -1.34. The van der Waals surface area contributed by atoms with Gasteiger partial charge in [0.25, 0.3) is 5.91 Å². The lowest BCUT2D eigenvalue weighted by Crippen LogP contribution is -2.24. The maximum atomic E-state index is 13.6. The second-order valence-corrected chi connectivity index (χ2v) is 8.08. The Hall–Kier alpha value is -3.68. The monoisotopic (exact) mass is 514 g/mol. The van der Waals surface area contributed by atoms with Gasteiger partial charge in [0.2, 0.25) is 0 Å². The molecule has 1 aliphatic rings. The highest BCUT2D eigenvalue weighted by molar-refractivity contribution is 6.03. The molecule has 3 aromatic rings. The molecule has 8 nitrogen and oxygen atoms in total. The van der Waals surface area contributed by atoms with Crippen molar-refractivity contribution in [3.63, 3.8) is 0 Å². The molecule has 0 saturated carbocycles. The van der Waals surface area contributed by atoms with E-state index < -0.39 is 36.2 Å². The van der Waals surface area contributed by atoms with Crippen molar-refractivity contribution in [2.45, 2.75) is 31.4 Å². The molecule has 14 heteroatoms. The van der Waals surface area contributed by atoms with E-state index in [4.69, 9.17) is 4.74 Å². The zero-order chi connectivity index (χ0) is 26.1. The van der Waals surface area contributed by atoms with Crippen molar-refractivity contribution in [3.8, 4) is 11.3 Å². The molecule has 0 unspecified atom stereocenters. The zero-order valence-electron chi connectivity index (χ0n) is 18.8. The van der Waals surface area contributed by atoms with E-state index in [9.17, 15) is 31.1 Å². The average Bonchev–Trinajstić information content (AvgIpc) is 3.47. The number of aromatic nitrogens is 4. The van der Waals surface area contributed by atoms with E-state index in [-0.39, 0.29) is 23.1 Å². The molecule has 192 valence electrons. The first-order valence-corrected chi connectivity index (χ1v) is 10.7. The van der Waals surface area contributed by atoms with E-state index in [1.807, 2.05) is 0 Å². The molecule has 4 rings (SSSR count). The van der Waals surface area contributed by atoms with E-state index >= 15 is 0 Å². The number of carbonyl (C=O) groups excluding carboxylic acids is 1. The number of halogens is 6. The number of pyridine rings is 2. The minimum Gasteiger partial charge on any atom is -0.380 e. The topological polar surface area (TPSA) is 85.2 Å². The predicted octanol–water partition coefficient (Wildman–Crippen LogP) is 4.40. The van der Waals surface area contributed by atoms with Gasteiger partial charge in [0, 0.05) is 32.0 Å². The van der Waals surface area contributed by atoms with Crippen LogP contribution in [0.3, 0.4) is 0 Å². The van der Waals surface area contributed by atoms with E-state index in [0.717, 1.165) is 18.6 Å². The maximum Gasteiger partial charge on any atom is 0.435 e. The van der Waals surface area contributed by atoms with Crippen molar-refractivity contribution >= 4 is 17.3 Å². The van der Waals surface area contributed by atoms with Crippen LogP contribution < -0.4 is 10.2 Å². The predicted molar refractivity (Wildman–Crippen MR) is 116 cm³/mol. The van der Waals surface area contributed by atoms with E-state index in [1.54, 1.807) is 12.0 Å². The summed E-state index contributed by atoms with van der Waals surface area (Å²) in [7, 11) is 1.55. The zero-order valence-corrected chi connectivity index (χ0v) is 18.8. The summed E-state index contributed by atoms with van der Waals surface area (Å²) >= 11 is 0. The second-order valence-electron chi connectivity index (χ2n) is 8.08. The van der Waals surface area contributed by atoms with Gasteiger partial charge in [0.1, 0.15) is 12.2 Å². The standard InChI is InChI=1S/C22H20F6N6O2/c1-36-15-5-6-33(11-15)14-7-18(19(29-9-14)22(26,27)28)32-20(35)17-4-2-3-16(31-17)13-8-30-34(10-13)12-21(23,24)25/h2-4,7-10,15H,5-6,11-12H2,1H3,(H,32,35)/t15-/m0/s1. The molecule has 36 heavy (non-hydrogen) atoms. The SMILES string of the molecule is CO[C@H]1CCN(c2cnc(C(F)(F)F)c(NC(=O)c3cccc(-c4cnn(CC(F)(F)F)c4)n3)c2)C1. The minimum atomic E-state index is -4.83. The van der Waals surface area contributed by atoms with E-state index in [2.05, 4.69) is 20.4 Å². The van der Waals surface area contributed by atoms with Gasteiger partial charge >= 0.3 is 12.4 Å². The van der Waals surface area contributed by atoms with Gasteiger partial charge in [-0.25, -0.2) is 9.97 Å². The first-order chi connectivity index (χ1) is 16.9. The van der Waals surface area contributed by atoms with E-state index in [1.165, 1.54) is 24.3 Å². The summed E-state index contributed by atoms with van der Waals surface area (Å²) in [5.74, 6) is -0.944. The first-order valence-electron chi connectivity index (χ1n) is 10.7. The maximum absolute atomic E-state index is 13.6. The van der Waals surface area contributed by atoms with Crippen molar-refractivity contribution in [2.24, 2.45) is 0 Å². The molecular formula is C22H20F6N6O2. The molecule has 0 bridgehead atoms. The first kappa shape index (κ1) is 25.4. The summed E-state index contributed by atoms with van der Waals surface area (Å²) in [6.07, 6.45) is -5.34. The van der Waals surface area contributed by atoms with E-state index in [0.29, 0.717) is 29.9 Å². The minimum absolute atomic E-state index is 0.0715. The number of rotatable bonds is 6. The van der Waals surface area contributed by atoms with Gasteiger partial charge in [-0.3, -0.25) is 9.48 Å². The third-order valence-corrected chi connectivity index (χ3v) is 5.49. The number of nitrogens with one attached hydrogen (secondary N) is 1. The van der Waals surface area contributed by atoms with Crippen LogP contribution in [-0.2, 0) is 17.5 Å². The average molecular weight is 514 g/mol. The number of methoxy groups -OCH3 is 1. The van der Waals surface area contributed by atoms with Gasteiger partial charge in [-0.05, 0) is 24.6 Å². The molecule has 1 fully saturated rings. The van der Waals surface area contributed by atoms with Crippen LogP contribution in [0.4, 0.5) is 37.7 Å². The number of carbonyl (C=O) groups is 1. The van der Waals surface area contributed by atoms with Crippen LogP contribution in [0.5, 0.6) is 0 Å².